The van der Waals surface area contributed by atoms with E-state index in [1.807, 2.05) is 0 Å². The third kappa shape index (κ3) is 3.15. The number of carboxylic acid groups (broad SMARTS) is 1. The second-order valence-corrected chi connectivity index (χ2v) is 5.74. The molecule has 0 spiro atoms. The Kier molecular flexibility index (Phi) is 4.24. The molecule has 1 amide bonds. The van der Waals surface area contributed by atoms with Crippen LogP contribution in [0, 0.1) is 0 Å². The Balaban J connectivity index is 2.28. The smallest absolute Gasteiger partial charge is 0.266 e. The van der Waals surface area contributed by atoms with Gasteiger partial charge in [-0.3, -0.25) is 9.69 Å². The number of hydrogen-bond acceptors (Lipinski definition) is 5. The summed E-state index contributed by atoms with van der Waals surface area (Å²) >= 11 is 12.0. The molecule has 4 nitrogen and oxygen atoms in total. The van der Waals surface area contributed by atoms with Gasteiger partial charge < -0.3 is 9.90 Å². The Morgan fingerprint density at radius 1 is 1.47 bits per heavy atom. The zero-order chi connectivity index (χ0) is 14.0. The Labute approximate surface area is 124 Å². The molecule has 1 aromatic rings. The molecule has 1 aliphatic heterocycles. The summed E-state index contributed by atoms with van der Waals surface area (Å²) < 4.78 is 0.201. The van der Waals surface area contributed by atoms with E-state index in [1.54, 1.807) is 30.3 Å². The molecule has 1 heterocycles. The van der Waals surface area contributed by atoms with Gasteiger partial charge in [-0.2, -0.15) is 0 Å². The van der Waals surface area contributed by atoms with Crippen LogP contribution in [0.5, 0.6) is 0 Å². The van der Waals surface area contributed by atoms with E-state index in [2.05, 4.69) is 0 Å². The molecular formula is C12H7ClNO3S2-. The molecule has 19 heavy (non-hydrogen) atoms. The van der Waals surface area contributed by atoms with Crippen LogP contribution in [-0.2, 0) is 9.59 Å². The van der Waals surface area contributed by atoms with Crippen molar-refractivity contribution < 1.29 is 14.7 Å². The molecular weight excluding hydrogens is 306 g/mol. The number of halogens is 1. The second kappa shape index (κ2) is 5.73. The molecule has 0 aliphatic carbocycles. The van der Waals surface area contributed by atoms with E-state index < -0.39 is 18.4 Å². The molecule has 1 saturated heterocycles. The first kappa shape index (κ1) is 14.0. The summed E-state index contributed by atoms with van der Waals surface area (Å²) in [4.78, 5) is 23.9. The third-order valence-corrected chi connectivity index (χ3v) is 4.07. The predicted octanol–water partition coefficient (Wildman–Crippen LogP) is 1.29. The van der Waals surface area contributed by atoms with Crippen molar-refractivity contribution in [1.29, 1.82) is 0 Å². The minimum absolute atomic E-state index is 0.201. The number of aliphatic carboxylic acids is 1. The van der Waals surface area contributed by atoms with Crippen LogP contribution in [0.1, 0.15) is 5.56 Å². The molecule has 0 aromatic heterocycles. The average Bonchev–Trinajstić information content (AvgIpc) is 2.60. The highest BCUT2D eigenvalue weighted by Crippen LogP contribution is 2.33. The number of benzene rings is 1. The van der Waals surface area contributed by atoms with E-state index in [1.165, 1.54) is 0 Å². The standard InChI is InChI=1S/C12H8ClNO3S2/c13-8-4-2-1-3-7(8)5-9-11(17)14(6-10(15)16)12(18)19-9/h1-5H,6H2,(H,15,16)/p-1. The number of amides is 1. The van der Waals surface area contributed by atoms with E-state index in [-0.39, 0.29) is 4.32 Å². The van der Waals surface area contributed by atoms with Gasteiger partial charge in [0.15, 0.2) is 0 Å². The fourth-order valence-corrected chi connectivity index (χ4v) is 2.94. The minimum Gasteiger partial charge on any atom is -0.548 e. The van der Waals surface area contributed by atoms with Crippen molar-refractivity contribution in [3.63, 3.8) is 0 Å². The van der Waals surface area contributed by atoms with Crippen LogP contribution in [0.3, 0.4) is 0 Å². The first-order chi connectivity index (χ1) is 8.99. The van der Waals surface area contributed by atoms with Gasteiger partial charge >= 0.3 is 0 Å². The molecule has 7 heteroatoms. The van der Waals surface area contributed by atoms with Crippen LogP contribution in [0.2, 0.25) is 5.02 Å². The number of hydrogen-bond donors (Lipinski definition) is 0. The number of carboxylic acids is 1. The van der Waals surface area contributed by atoms with Crippen LogP contribution in [0.15, 0.2) is 29.2 Å². The zero-order valence-corrected chi connectivity index (χ0v) is 11.8. The number of nitrogens with zero attached hydrogens (tertiary/aromatic N) is 1. The quantitative estimate of drug-likeness (QED) is 0.622. The largest absolute Gasteiger partial charge is 0.548 e. The highest BCUT2D eigenvalue weighted by Gasteiger charge is 2.31. The molecule has 1 aliphatic rings. The van der Waals surface area contributed by atoms with E-state index in [4.69, 9.17) is 23.8 Å². The van der Waals surface area contributed by atoms with Gasteiger partial charge in [0.2, 0.25) is 0 Å². The monoisotopic (exact) mass is 312 g/mol. The van der Waals surface area contributed by atoms with Crippen molar-refractivity contribution in [1.82, 2.24) is 4.90 Å². The highest BCUT2D eigenvalue weighted by molar-refractivity contribution is 8.26. The molecule has 0 unspecified atom stereocenters. The summed E-state index contributed by atoms with van der Waals surface area (Å²) in [5.74, 6) is -1.80. The van der Waals surface area contributed by atoms with Crippen molar-refractivity contribution in [2.75, 3.05) is 6.54 Å². The van der Waals surface area contributed by atoms with Crippen LogP contribution in [0.4, 0.5) is 0 Å². The van der Waals surface area contributed by atoms with Crippen molar-refractivity contribution in [2.45, 2.75) is 0 Å². The van der Waals surface area contributed by atoms with E-state index in [9.17, 15) is 14.7 Å². The zero-order valence-electron chi connectivity index (χ0n) is 9.46. The van der Waals surface area contributed by atoms with Gasteiger partial charge in [-0.05, 0) is 17.7 Å². The van der Waals surface area contributed by atoms with E-state index in [0.29, 0.717) is 15.5 Å². The number of carbonyl (C=O) groups is 2. The molecule has 98 valence electrons. The number of thiocarbonyl (C=S) groups is 1. The van der Waals surface area contributed by atoms with Gasteiger partial charge in [-0.25, -0.2) is 0 Å². The number of carbonyl (C=O) groups excluding carboxylic acids is 2. The molecule has 0 bridgehead atoms. The third-order valence-electron chi connectivity index (χ3n) is 2.35. The molecule has 2 rings (SSSR count). The topological polar surface area (TPSA) is 60.4 Å². The molecule has 0 N–H and O–H groups in total. The minimum atomic E-state index is -1.35. The summed E-state index contributed by atoms with van der Waals surface area (Å²) in [7, 11) is 0. The van der Waals surface area contributed by atoms with Crippen molar-refractivity contribution in [2.24, 2.45) is 0 Å². The summed E-state index contributed by atoms with van der Waals surface area (Å²) in [6, 6.07) is 7.03. The van der Waals surface area contributed by atoms with Crippen molar-refractivity contribution in [3.8, 4) is 0 Å². The Morgan fingerprint density at radius 3 is 2.79 bits per heavy atom. The molecule has 1 aromatic carbocycles. The summed E-state index contributed by atoms with van der Waals surface area (Å²) in [6.07, 6.45) is 1.59. The first-order valence-electron chi connectivity index (χ1n) is 5.19. The molecule has 0 radical (unpaired) electrons. The number of rotatable bonds is 3. The normalized spacial score (nSPS) is 17.3. The van der Waals surface area contributed by atoms with E-state index in [0.717, 1.165) is 16.7 Å². The Morgan fingerprint density at radius 2 is 2.16 bits per heavy atom. The van der Waals surface area contributed by atoms with Gasteiger partial charge in [0.05, 0.1) is 17.4 Å². The average molecular weight is 313 g/mol. The lowest BCUT2D eigenvalue weighted by Crippen LogP contribution is -2.40. The maximum atomic E-state index is 12.0. The molecule has 0 atom stereocenters. The van der Waals surface area contributed by atoms with Crippen LogP contribution in [0.25, 0.3) is 6.08 Å². The predicted molar refractivity (Wildman–Crippen MR) is 76.3 cm³/mol. The number of thioether (sulfide) groups is 1. The van der Waals surface area contributed by atoms with Gasteiger partial charge in [0.1, 0.15) is 4.32 Å². The molecule has 0 saturated carbocycles. The maximum absolute atomic E-state index is 12.0. The van der Waals surface area contributed by atoms with Gasteiger partial charge in [-0.15, -0.1) is 0 Å². The lowest BCUT2D eigenvalue weighted by molar-refractivity contribution is -0.305. The molecule has 1 fully saturated rings. The SMILES string of the molecule is O=C([O-])CN1C(=O)C(=Cc2ccccc2Cl)SC1=S. The fraction of sp³-hybridized carbons (Fsp3) is 0.0833. The lowest BCUT2D eigenvalue weighted by Gasteiger charge is -2.14. The Bertz CT molecular complexity index is 600. The lowest BCUT2D eigenvalue weighted by atomic mass is 10.2. The van der Waals surface area contributed by atoms with Crippen molar-refractivity contribution >= 4 is 57.9 Å². The van der Waals surface area contributed by atoms with E-state index >= 15 is 0 Å². The first-order valence-corrected chi connectivity index (χ1v) is 6.79. The van der Waals surface area contributed by atoms with Gasteiger partial charge in [0.25, 0.3) is 5.91 Å². The van der Waals surface area contributed by atoms with Crippen LogP contribution < -0.4 is 5.11 Å². The summed E-state index contributed by atoms with van der Waals surface area (Å²) in [5.41, 5.74) is 0.679. The second-order valence-electron chi connectivity index (χ2n) is 3.66. The summed E-state index contributed by atoms with van der Waals surface area (Å²) in [6.45, 7) is -0.537. The Hall–Kier alpha value is -1.37. The van der Waals surface area contributed by atoms with Gasteiger partial charge in [0, 0.05) is 5.02 Å². The van der Waals surface area contributed by atoms with Gasteiger partial charge in [-0.1, -0.05) is 53.8 Å². The maximum Gasteiger partial charge on any atom is 0.266 e. The van der Waals surface area contributed by atoms with Crippen molar-refractivity contribution in [3.05, 3.63) is 39.8 Å². The fourth-order valence-electron chi connectivity index (χ4n) is 1.50. The highest BCUT2D eigenvalue weighted by atomic mass is 35.5. The van der Waals surface area contributed by atoms with Crippen LogP contribution >= 0.6 is 35.6 Å². The summed E-state index contributed by atoms with van der Waals surface area (Å²) in [5, 5.41) is 11.1. The van der Waals surface area contributed by atoms with Crippen LogP contribution in [-0.4, -0.2) is 27.6 Å².